The van der Waals surface area contributed by atoms with Gasteiger partial charge in [-0.1, -0.05) is 36.4 Å². The van der Waals surface area contributed by atoms with Crippen molar-refractivity contribution in [3.05, 3.63) is 66.2 Å². The summed E-state index contributed by atoms with van der Waals surface area (Å²) in [4.78, 5) is 26.6. The number of carbonyl (C=O) groups is 2. The maximum absolute atomic E-state index is 12.7. The third kappa shape index (κ3) is 4.32. The van der Waals surface area contributed by atoms with E-state index in [9.17, 15) is 9.59 Å². The van der Waals surface area contributed by atoms with Crippen molar-refractivity contribution >= 4 is 34.2 Å². The average molecular weight is 447 g/mol. The number of hydrazone groups is 1. The molecule has 8 nitrogen and oxygen atoms in total. The molecular weight excluding hydrogens is 422 g/mol. The predicted molar refractivity (Wildman–Crippen MR) is 125 cm³/mol. The highest BCUT2D eigenvalue weighted by atomic mass is 16.5. The van der Waals surface area contributed by atoms with Gasteiger partial charge in [-0.25, -0.2) is 0 Å². The second kappa shape index (κ2) is 9.20. The first-order valence-electron chi connectivity index (χ1n) is 10.5. The molecule has 0 aliphatic carbocycles. The number of amides is 2. The fraction of sp³-hybridized carbons (Fsp3) is 0.240. The van der Waals surface area contributed by atoms with Crippen LogP contribution in [-0.2, 0) is 14.3 Å². The van der Waals surface area contributed by atoms with E-state index in [1.807, 2.05) is 42.5 Å². The Hall–Kier alpha value is -4.07. The summed E-state index contributed by atoms with van der Waals surface area (Å²) in [5.41, 5.74) is 1.37. The van der Waals surface area contributed by atoms with Gasteiger partial charge in [0.1, 0.15) is 0 Å². The Balaban J connectivity index is 1.66. The van der Waals surface area contributed by atoms with Gasteiger partial charge in [0.05, 0.1) is 26.5 Å². The molecule has 0 saturated carbocycles. The quantitative estimate of drug-likeness (QED) is 0.575. The number of hydrogen-bond acceptors (Lipinski definition) is 6. The normalized spacial score (nSPS) is 15.1. The van der Waals surface area contributed by atoms with Crippen molar-refractivity contribution < 1.29 is 23.8 Å². The van der Waals surface area contributed by atoms with Gasteiger partial charge in [-0.3, -0.25) is 9.59 Å². The zero-order valence-electron chi connectivity index (χ0n) is 18.9. The topological polar surface area (TPSA) is 80.7 Å². The number of anilines is 1. The predicted octanol–water partition coefficient (Wildman–Crippen LogP) is 3.78. The van der Waals surface area contributed by atoms with E-state index >= 15 is 0 Å². The number of ether oxygens (including phenoxy) is 3. The molecule has 1 atom stereocenters. The summed E-state index contributed by atoms with van der Waals surface area (Å²) in [6.07, 6.45) is -0.784. The van der Waals surface area contributed by atoms with Gasteiger partial charge in [0, 0.05) is 24.8 Å². The molecule has 1 aliphatic rings. The lowest BCUT2D eigenvalue weighted by Crippen LogP contribution is -2.44. The SMILES string of the molecule is COc1ccc(C2=NN(C(C)=O)[C@H](CN(C(C)=O)c3cccc4ccccc34)O2)cc1OC. The summed E-state index contributed by atoms with van der Waals surface area (Å²) in [5.74, 6) is 0.881. The van der Waals surface area contributed by atoms with Crippen molar-refractivity contribution in [3.63, 3.8) is 0 Å². The zero-order chi connectivity index (χ0) is 23.5. The molecule has 2 amide bonds. The van der Waals surface area contributed by atoms with Crippen LogP contribution in [0.4, 0.5) is 5.69 Å². The first-order valence-corrected chi connectivity index (χ1v) is 10.5. The summed E-state index contributed by atoms with van der Waals surface area (Å²) in [6, 6.07) is 18.8. The van der Waals surface area contributed by atoms with Gasteiger partial charge in [-0.2, -0.15) is 5.01 Å². The minimum absolute atomic E-state index is 0.114. The van der Waals surface area contributed by atoms with E-state index in [4.69, 9.17) is 14.2 Å². The second-order valence-electron chi connectivity index (χ2n) is 7.54. The number of nitrogens with zero attached hydrogens (tertiary/aromatic N) is 3. The van der Waals surface area contributed by atoms with Crippen LogP contribution in [0.3, 0.4) is 0 Å². The molecule has 0 fully saturated rings. The molecule has 1 heterocycles. The van der Waals surface area contributed by atoms with Crippen molar-refractivity contribution in [3.8, 4) is 11.5 Å². The first-order chi connectivity index (χ1) is 15.9. The van der Waals surface area contributed by atoms with E-state index in [1.54, 1.807) is 37.3 Å². The molecule has 1 aliphatic heterocycles. The highest BCUT2D eigenvalue weighted by Crippen LogP contribution is 2.31. The van der Waals surface area contributed by atoms with Crippen LogP contribution in [-0.4, -0.2) is 49.7 Å². The third-order valence-corrected chi connectivity index (χ3v) is 5.45. The van der Waals surface area contributed by atoms with Crippen LogP contribution in [0, 0.1) is 0 Å². The molecule has 33 heavy (non-hydrogen) atoms. The zero-order valence-corrected chi connectivity index (χ0v) is 18.9. The Morgan fingerprint density at radius 3 is 2.42 bits per heavy atom. The molecular formula is C25H25N3O5. The Morgan fingerprint density at radius 2 is 1.73 bits per heavy atom. The minimum Gasteiger partial charge on any atom is -0.493 e. The monoisotopic (exact) mass is 447 g/mol. The largest absolute Gasteiger partial charge is 0.493 e. The van der Waals surface area contributed by atoms with E-state index < -0.39 is 6.23 Å². The average Bonchev–Trinajstić information content (AvgIpc) is 3.26. The number of carbonyl (C=O) groups excluding carboxylic acids is 2. The van der Waals surface area contributed by atoms with Gasteiger partial charge >= 0.3 is 0 Å². The van der Waals surface area contributed by atoms with E-state index in [-0.39, 0.29) is 24.3 Å². The Morgan fingerprint density at radius 1 is 1.00 bits per heavy atom. The number of hydrogen-bond donors (Lipinski definition) is 0. The fourth-order valence-electron chi connectivity index (χ4n) is 3.84. The van der Waals surface area contributed by atoms with Crippen molar-refractivity contribution in [1.82, 2.24) is 5.01 Å². The Kier molecular flexibility index (Phi) is 6.17. The molecule has 3 aromatic carbocycles. The molecule has 0 N–H and O–H groups in total. The third-order valence-electron chi connectivity index (χ3n) is 5.45. The number of benzene rings is 3. The summed E-state index contributed by atoms with van der Waals surface area (Å²) in [6.45, 7) is 3.02. The molecule has 0 unspecified atom stereocenters. The number of fused-ring (bicyclic) bond motifs is 1. The summed E-state index contributed by atoms with van der Waals surface area (Å²) >= 11 is 0. The molecule has 4 rings (SSSR count). The molecule has 8 heteroatoms. The lowest BCUT2D eigenvalue weighted by atomic mass is 10.1. The van der Waals surface area contributed by atoms with Gasteiger partial charge in [-0.05, 0) is 29.7 Å². The Bertz CT molecular complexity index is 1230. The maximum Gasteiger partial charge on any atom is 0.243 e. The van der Waals surface area contributed by atoms with Gasteiger partial charge in [0.15, 0.2) is 11.5 Å². The Labute approximate surface area is 191 Å². The van der Waals surface area contributed by atoms with Gasteiger partial charge < -0.3 is 19.1 Å². The number of rotatable bonds is 6. The van der Waals surface area contributed by atoms with Gasteiger partial charge in [0.2, 0.25) is 23.9 Å². The lowest BCUT2D eigenvalue weighted by molar-refractivity contribution is -0.135. The summed E-state index contributed by atoms with van der Waals surface area (Å²) in [5, 5.41) is 7.59. The van der Waals surface area contributed by atoms with Gasteiger partial charge in [0.25, 0.3) is 0 Å². The molecule has 0 saturated heterocycles. The summed E-state index contributed by atoms with van der Waals surface area (Å²) < 4.78 is 16.7. The standard InChI is InChI=1S/C25H25N3O5/c1-16(29)27(21-11-7-9-18-8-5-6-10-20(18)21)15-24-28(17(2)30)26-25(33-24)19-12-13-22(31-3)23(14-19)32-4/h5-14,24H,15H2,1-4H3/t24-/m0/s1. The van der Waals surface area contributed by atoms with Crippen LogP contribution in [0.2, 0.25) is 0 Å². The van der Waals surface area contributed by atoms with Crippen molar-refractivity contribution in [1.29, 1.82) is 0 Å². The first kappa shape index (κ1) is 22.1. The van der Waals surface area contributed by atoms with E-state index in [2.05, 4.69) is 5.10 Å². The van der Waals surface area contributed by atoms with Crippen LogP contribution in [0.25, 0.3) is 10.8 Å². The van der Waals surface area contributed by atoms with Gasteiger partial charge in [-0.15, -0.1) is 5.10 Å². The smallest absolute Gasteiger partial charge is 0.243 e. The lowest BCUT2D eigenvalue weighted by Gasteiger charge is -2.28. The molecule has 0 bridgehead atoms. The number of methoxy groups -OCH3 is 2. The molecule has 0 aromatic heterocycles. The minimum atomic E-state index is -0.784. The van der Waals surface area contributed by atoms with Crippen LogP contribution >= 0.6 is 0 Å². The van der Waals surface area contributed by atoms with Crippen LogP contribution in [0.15, 0.2) is 65.8 Å². The van der Waals surface area contributed by atoms with Crippen LogP contribution in [0.1, 0.15) is 19.4 Å². The highest BCUT2D eigenvalue weighted by Gasteiger charge is 2.35. The fourth-order valence-corrected chi connectivity index (χ4v) is 3.84. The van der Waals surface area contributed by atoms with Crippen molar-refractivity contribution in [2.75, 3.05) is 25.7 Å². The van der Waals surface area contributed by atoms with E-state index in [1.165, 1.54) is 18.9 Å². The van der Waals surface area contributed by atoms with E-state index in [0.717, 1.165) is 16.5 Å². The van der Waals surface area contributed by atoms with Crippen molar-refractivity contribution in [2.24, 2.45) is 5.10 Å². The maximum atomic E-state index is 12.7. The second-order valence-corrected chi connectivity index (χ2v) is 7.54. The molecule has 170 valence electrons. The highest BCUT2D eigenvalue weighted by molar-refractivity contribution is 6.03. The van der Waals surface area contributed by atoms with Crippen LogP contribution < -0.4 is 14.4 Å². The van der Waals surface area contributed by atoms with Crippen molar-refractivity contribution in [2.45, 2.75) is 20.1 Å². The van der Waals surface area contributed by atoms with Crippen LogP contribution in [0.5, 0.6) is 11.5 Å². The molecule has 3 aromatic rings. The molecule has 0 radical (unpaired) electrons. The van der Waals surface area contributed by atoms with E-state index in [0.29, 0.717) is 17.1 Å². The molecule has 0 spiro atoms. The summed E-state index contributed by atoms with van der Waals surface area (Å²) in [7, 11) is 3.09.